The Morgan fingerprint density at radius 3 is 2.22 bits per heavy atom. The van der Waals surface area contributed by atoms with Crippen LogP contribution < -0.4 is 4.74 Å². The molecule has 0 fully saturated rings. The van der Waals surface area contributed by atoms with Crippen LogP contribution in [0.5, 0.6) is 5.75 Å². The van der Waals surface area contributed by atoms with Crippen LogP contribution in [-0.4, -0.2) is 11.1 Å². The number of nitro groups is 1. The quantitative estimate of drug-likeness (QED) is 0.279. The van der Waals surface area contributed by atoms with Crippen molar-refractivity contribution < 1.29 is 9.66 Å². The molecule has 0 saturated carbocycles. The van der Waals surface area contributed by atoms with Crippen molar-refractivity contribution in [2.45, 2.75) is 6.61 Å². The summed E-state index contributed by atoms with van der Waals surface area (Å²) in [6.45, 7) is 0.189. The van der Waals surface area contributed by atoms with Crippen LogP contribution in [0.15, 0.2) is 71.7 Å². The summed E-state index contributed by atoms with van der Waals surface area (Å²) in [5.41, 5.74) is 2.36. The van der Waals surface area contributed by atoms with E-state index in [0.29, 0.717) is 15.8 Å². The summed E-state index contributed by atoms with van der Waals surface area (Å²) in [4.78, 5) is 14.6. The fraction of sp³-hybridized carbons (Fsp3) is 0.0500. The average molecular weight is 401 g/mol. The van der Waals surface area contributed by atoms with E-state index >= 15 is 0 Å². The zero-order valence-electron chi connectivity index (χ0n) is 14.0. The van der Waals surface area contributed by atoms with Crippen molar-refractivity contribution in [1.29, 1.82) is 0 Å². The van der Waals surface area contributed by atoms with Crippen molar-refractivity contribution in [3.63, 3.8) is 0 Å². The van der Waals surface area contributed by atoms with E-state index < -0.39 is 4.92 Å². The van der Waals surface area contributed by atoms with Crippen molar-refractivity contribution in [1.82, 2.24) is 0 Å². The highest BCUT2D eigenvalue weighted by atomic mass is 35.5. The summed E-state index contributed by atoms with van der Waals surface area (Å²) in [7, 11) is 0. The second-order valence-electron chi connectivity index (χ2n) is 5.62. The summed E-state index contributed by atoms with van der Waals surface area (Å²) < 4.78 is 5.69. The van der Waals surface area contributed by atoms with Crippen LogP contribution in [-0.2, 0) is 6.61 Å². The first-order chi connectivity index (χ1) is 13.0. The van der Waals surface area contributed by atoms with Crippen LogP contribution >= 0.6 is 23.2 Å². The van der Waals surface area contributed by atoms with Crippen molar-refractivity contribution >= 4 is 40.8 Å². The fourth-order valence-electron chi connectivity index (χ4n) is 2.32. The zero-order chi connectivity index (χ0) is 19.2. The highest BCUT2D eigenvalue weighted by molar-refractivity contribution is 6.37. The minimum atomic E-state index is -0.450. The van der Waals surface area contributed by atoms with Crippen LogP contribution in [0.3, 0.4) is 0 Å². The largest absolute Gasteiger partial charge is 0.486 e. The van der Waals surface area contributed by atoms with Crippen molar-refractivity contribution in [2.75, 3.05) is 0 Å². The van der Waals surface area contributed by atoms with Gasteiger partial charge in [0.2, 0.25) is 0 Å². The van der Waals surface area contributed by atoms with Crippen LogP contribution in [0.4, 0.5) is 11.4 Å². The van der Waals surface area contributed by atoms with Gasteiger partial charge in [0.05, 0.1) is 20.7 Å². The molecule has 0 atom stereocenters. The molecule has 0 aliphatic carbocycles. The molecule has 3 rings (SSSR count). The zero-order valence-corrected chi connectivity index (χ0v) is 15.5. The third-order valence-electron chi connectivity index (χ3n) is 3.67. The van der Waals surface area contributed by atoms with Crippen molar-refractivity contribution in [2.24, 2.45) is 4.99 Å². The third kappa shape index (κ3) is 5.06. The maximum absolute atomic E-state index is 10.7. The molecule has 27 heavy (non-hydrogen) atoms. The molecule has 0 bridgehead atoms. The van der Waals surface area contributed by atoms with Gasteiger partial charge in [-0.1, -0.05) is 41.4 Å². The van der Waals surface area contributed by atoms with Crippen molar-refractivity contribution in [3.8, 4) is 5.75 Å². The molecule has 0 saturated heterocycles. The maximum atomic E-state index is 10.7. The minimum absolute atomic E-state index is 0.0249. The number of aliphatic imine (C=N–C) groups is 1. The number of para-hydroxylation sites is 1. The highest BCUT2D eigenvalue weighted by Crippen LogP contribution is 2.34. The molecule has 0 unspecified atom stereocenters. The third-order valence-corrected chi connectivity index (χ3v) is 4.23. The molecule has 0 heterocycles. The second-order valence-corrected chi connectivity index (χ2v) is 6.43. The van der Waals surface area contributed by atoms with Gasteiger partial charge >= 0.3 is 0 Å². The Kier molecular flexibility index (Phi) is 6.06. The molecule has 0 spiro atoms. The summed E-state index contributed by atoms with van der Waals surface area (Å²) >= 11 is 12.6. The molecule has 0 aliphatic heterocycles. The van der Waals surface area contributed by atoms with Crippen LogP contribution in [0.2, 0.25) is 10.0 Å². The van der Waals surface area contributed by atoms with E-state index in [2.05, 4.69) is 4.99 Å². The number of ether oxygens (including phenoxy) is 1. The van der Waals surface area contributed by atoms with Gasteiger partial charge in [-0.15, -0.1) is 0 Å². The minimum Gasteiger partial charge on any atom is -0.486 e. The summed E-state index contributed by atoms with van der Waals surface area (Å²) in [5.74, 6) is 0.355. The van der Waals surface area contributed by atoms with Gasteiger partial charge in [0, 0.05) is 18.3 Å². The normalized spacial score (nSPS) is 10.9. The molecule has 0 aromatic heterocycles. The van der Waals surface area contributed by atoms with Gasteiger partial charge in [0.15, 0.2) is 5.75 Å². The molecule has 7 heteroatoms. The molecule has 3 aromatic carbocycles. The Bertz CT molecular complexity index is 951. The first-order valence-corrected chi connectivity index (χ1v) is 8.73. The van der Waals surface area contributed by atoms with Gasteiger partial charge in [-0.3, -0.25) is 15.1 Å². The summed E-state index contributed by atoms with van der Waals surface area (Å²) in [5, 5.41) is 11.4. The smallest absolute Gasteiger partial charge is 0.269 e. The SMILES string of the molecule is O=[N+]([O-])c1ccc(COc2c(Cl)cc(C=Nc3ccccc3)cc2Cl)cc1. The van der Waals surface area contributed by atoms with Crippen LogP contribution in [0, 0.1) is 10.1 Å². The fourth-order valence-corrected chi connectivity index (χ4v) is 2.94. The van der Waals surface area contributed by atoms with Crippen molar-refractivity contribution in [3.05, 3.63) is 98.0 Å². The average Bonchev–Trinajstić information content (AvgIpc) is 2.67. The number of hydrogen-bond acceptors (Lipinski definition) is 4. The predicted octanol–water partition coefficient (Wildman–Crippen LogP) is 6.23. The lowest BCUT2D eigenvalue weighted by Gasteiger charge is -2.11. The van der Waals surface area contributed by atoms with Gasteiger partial charge < -0.3 is 4.74 Å². The van der Waals surface area contributed by atoms with Gasteiger partial charge in [-0.2, -0.15) is 0 Å². The lowest BCUT2D eigenvalue weighted by Crippen LogP contribution is -1.98. The second kappa shape index (κ2) is 8.66. The van der Waals surface area contributed by atoms with E-state index in [9.17, 15) is 10.1 Å². The monoisotopic (exact) mass is 400 g/mol. The van der Waals surface area contributed by atoms with E-state index in [1.165, 1.54) is 12.1 Å². The number of halogens is 2. The molecule has 0 amide bonds. The standard InChI is InChI=1S/C20H14Cl2N2O3/c21-18-10-15(12-23-16-4-2-1-3-5-16)11-19(22)20(18)27-13-14-6-8-17(9-7-14)24(25)26/h1-12H,13H2. The maximum Gasteiger partial charge on any atom is 0.269 e. The van der Waals surface area contributed by atoms with Gasteiger partial charge in [-0.25, -0.2) is 0 Å². The number of hydrogen-bond donors (Lipinski definition) is 0. The molecule has 0 aliphatic rings. The predicted molar refractivity (Wildman–Crippen MR) is 108 cm³/mol. The number of nitro benzene ring substituents is 1. The first kappa shape index (κ1) is 18.9. The molecule has 136 valence electrons. The molecule has 0 N–H and O–H groups in total. The molecular weight excluding hydrogens is 387 g/mol. The number of nitrogens with zero attached hydrogens (tertiary/aromatic N) is 2. The van der Waals surface area contributed by atoms with E-state index in [1.807, 2.05) is 30.3 Å². The molecule has 0 radical (unpaired) electrons. The number of non-ortho nitro benzene ring substituents is 1. The number of rotatable bonds is 6. The van der Waals surface area contributed by atoms with Crippen LogP contribution in [0.25, 0.3) is 0 Å². The Morgan fingerprint density at radius 1 is 1.00 bits per heavy atom. The molecule has 3 aromatic rings. The molecular formula is C20H14Cl2N2O3. The Morgan fingerprint density at radius 2 is 1.63 bits per heavy atom. The number of benzene rings is 3. The van der Waals surface area contributed by atoms with Gasteiger partial charge in [-0.05, 0) is 47.5 Å². The first-order valence-electron chi connectivity index (χ1n) is 7.97. The van der Waals surface area contributed by atoms with Gasteiger partial charge in [0.1, 0.15) is 6.61 Å². The lowest BCUT2D eigenvalue weighted by atomic mass is 10.2. The van der Waals surface area contributed by atoms with Gasteiger partial charge in [0.25, 0.3) is 5.69 Å². The van der Waals surface area contributed by atoms with E-state index in [4.69, 9.17) is 27.9 Å². The topological polar surface area (TPSA) is 64.7 Å². The summed E-state index contributed by atoms with van der Waals surface area (Å²) in [6.07, 6.45) is 1.67. The molecule has 5 nitrogen and oxygen atoms in total. The lowest BCUT2D eigenvalue weighted by molar-refractivity contribution is -0.384. The Hall–Kier alpha value is -2.89. The summed E-state index contributed by atoms with van der Waals surface area (Å²) in [6, 6.07) is 19.0. The highest BCUT2D eigenvalue weighted by Gasteiger charge is 2.10. The van der Waals surface area contributed by atoms with E-state index in [0.717, 1.165) is 16.8 Å². The van der Waals surface area contributed by atoms with Crippen LogP contribution in [0.1, 0.15) is 11.1 Å². The Balaban J connectivity index is 1.71. The van der Waals surface area contributed by atoms with E-state index in [1.54, 1.807) is 30.5 Å². The van der Waals surface area contributed by atoms with E-state index in [-0.39, 0.29) is 12.3 Å². The Labute approximate surface area is 166 Å².